The van der Waals surface area contributed by atoms with Crippen molar-refractivity contribution >= 4 is 25.6 Å². The number of ether oxygens (including phenoxy) is 1. The summed E-state index contributed by atoms with van der Waals surface area (Å²) >= 11 is 0. The molecular formula is C13H18ClNO5S. The van der Waals surface area contributed by atoms with Gasteiger partial charge in [0.1, 0.15) is 10.7 Å². The van der Waals surface area contributed by atoms with Crippen LogP contribution in [0.15, 0.2) is 15.4 Å². The lowest BCUT2D eigenvalue weighted by atomic mass is 9.82. The molecule has 0 saturated carbocycles. The van der Waals surface area contributed by atoms with Crippen molar-refractivity contribution in [2.24, 2.45) is 5.41 Å². The fourth-order valence-corrected chi connectivity index (χ4v) is 3.33. The average molecular weight is 336 g/mol. The summed E-state index contributed by atoms with van der Waals surface area (Å²) in [7, 11) is 1.36. The molecule has 1 aliphatic rings. The van der Waals surface area contributed by atoms with Crippen LogP contribution in [0.3, 0.4) is 0 Å². The highest BCUT2D eigenvalue weighted by atomic mass is 35.7. The highest BCUT2D eigenvalue weighted by Gasteiger charge is 2.29. The van der Waals surface area contributed by atoms with Gasteiger partial charge in [-0.15, -0.1) is 0 Å². The molecule has 0 aliphatic carbocycles. The van der Waals surface area contributed by atoms with Gasteiger partial charge in [0.25, 0.3) is 15.0 Å². The van der Waals surface area contributed by atoms with Crippen molar-refractivity contribution < 1.29 is 22.4 Å². The first-order valence-electron chi connectivity index (χ1n) is 6.62. The van der Waals surface area contributed by atoms with Crippen LogP contribution in [0, 0.1) is 12.3 Å². The molecule has 8 heteroatoms. The number of furan rings is 1. The Morgan fingerprint density at radius 3 is 2.57 bits per heavy atom. The number of carbonyl (C=O) groups is 1. The summed E-state index contributed by atoms with van der Waals surface area (Å²) in [5.74, 6) is -0.396. The van der Waals surface area contributed by atoms with Gasteiger partial charge >= 0.3 is 0 Å². The van der Waals surface area contributed by atoms with Crippen LogP contribution in [0.2, 0.25) is 0 Å². The predicted molar refractivity (Wildman–Crippen MR) is 77.0 cm³/mol. The first-order chi connectivity index (χ1) is 9.71. The molecule has 0 radical (unpaired) electrons. The fourth-order valence-electron chi connectivity index (χ4n) is 2.24. The molecule has 1 aliphatic heterocycles. The van der Waals surface area contributed by atoms with Crippen molar-refractivity contribution in [1.82, 2.24) is 5.32 Å². The van der Waals surface area contributed by atoms with E-state index >= 15 is 0 Å². The third-order valence-corrected chi connectivity index (χ3v) is 5.16. The van der Waals surface area contributed by atoms with Crippen LogP contribution in [-0.4, -0.2) is 34.1 Å². The quantitative estimate of drug-likeness (QED) is 0.851. The fraction of sp³-hybridized carbons (Fsp3) is 0.615. The lowest BCUT2D eigenvalue weighted by Crippen LogP contribution is -2.39. The molecule has 0 unspecified atom stereocenters. The van der Waals surface area contributed by atoms with Crippen molar-refractivity contribution in [3.63, 3.8) is 0 Å². The number of halogens is 1. The van der Waals surface area contributed by atoms with Crippen LogP contribution >= 0.6 is 10.7 Å². The van der Waals surface area contributed by atoms with E-state index in [1.807, 2.05) is 0 Å². The Hall–Kier alpha value is -1.05. The van der Waals surface area contributed by atoms with Gasteiger partial charge in [0, 0.05) is 36.5 Å². The molecule has 118 valence electrons. The van der Waals surface area contributed by atoms with Crippen molar-refractivity contribution in [3.8, 4) is 0 Å². The van der Waals surface area contributed by atoms with Gasteiger partial charge < -0.3 is 14.5 Å². The van der Waals surface area contributed by atoms with E-state index in [1.165, 1.54) is 6.92 Å². The summed E-state index contributed by atoms with van der Waals surface area (Å²) in [6, 6.07) is 1.15. The minimum Gasteiger partial charge on any atom is -0.455 e. The minimum absolute atomic E-state index is 0.0169. The van der Waals surface area contributed by atoms with Crippen LogP contribution in [0.4, 0.5) is 0 Å². The van der Waals surface area contributed by atoms with Gasteiger partial charge in [-0.05, 0) is 25.2 Å². The third kappa shape index (κ3) is 3.99. The molecule has 1 fully saturated rings. The van der Waals surface area contributed by atoms with E-state index < -0.39 is 15.0 Å². The zero-order valence-electron chi connectivity index (χ0n) is 11.9. The molecule has 0 bridgehead atoms. The number of carbonyl (C=O) groups excluding carboxylic acids is 1. The monoisotopic (exact) mass is 335 g/mol. The summed E-state index contributed by atoms with van der Waals surface area (Å²) in [4.78, 5) is 11.9. The van der Waals surface area contributed by atoms with Gasteiger partial charge in [-0.25, -0.2) is 8.42 Å². The predicted octanol–water partition coefficient (Wildman–Crippen LogP) is 2.06. The highest BCUT2D eigenvalue weighted by Crippen LogP contribution is 2.29. The van der Waals surface area contributed by atoms with E-state index in [1.54, 1.807) is 0 Å². The van der Waals surface area contributed by atoms with Gasteiger partial charge in [-0.1, -0.05) is 6.92 Å². The van der Waals surface area contributed by atoms with Crippen LogP contribution < -0.4 is 5.32 Å². The molecule has 1 aromatic heterocycles. The van der Waals surface area contributed by atoms with Crippen molar-refractivity contribution in [2.75, 3.05) is 19.8 Å². The Morgan fingerprint density at radius 2 is 2.05 bits per heavy atom. The van der Waals surface area contributed by atoms with E-state index in [9.17, 15) is 13.2 Å². The second-order valence-electron chi connectivity index (χ2n) is 5.57. The lowest BCUT2D eigenvalue weighted by molar-refractivity contribution is 0.0237. The lowest BCUT2D eigenvalue weighted by Gasteiger charge is -2.33. The smallest absolute Gasteiger partial charge is 0.287 e. The maximum atomic E-state index is 12.0. The van der Waals surface area contributed by atoms with E-state index in [0.29, 0.717) is 19.8 Å². The Morgan fingerprint density at radius 1 is 1.43 bits per heavy atom. The number of hydrogen-bond acceptors (Lipinski definition) is 5. The molecule has 1 N–H and O–H groups in total. The molecule has 1 amide bonds. The Balaban J connectivity index is 2.04. The van der Waals surface area contributed by atoms with Crippen LogP contribution in [0.5, 0.6) is 0 Å². The van der Waals surface area contributed by atoms with Gasteiger partial charge in [-0.3, -0.25) is 4.79 Å². The third-order valence-electron chi connectivity index (χ3n) is 3.73. The van der Waals surface area contributed by atoms with Crippen molar-refractivity contribution in [1.29, 1.82) is 0 Å². The SMILES string of the molecule is Cc1oc(C(=O)NCC2(C)CCOCC2)cc1S(=O)(=O)Cl. The van der Waals surface area contributed by atoms with Gasteiger partial charge in [0.2, 0.25) is 0 Å². The average Bonchev–Trinajstić information content (AvgIpc) is 2.79. The Bertz CT molecular complexity index is 631. The molecule has 6 nitrogen and oxygen atoms in total. The van der Waals surface area contributed by atoms with E-state index in [0.717, 1.165) is 18.9 Å². The zero-order chi connectivity index (χ0) is 15.7. The standard InChI is InChI=1S/C13H18ClNO5S/c1-9-11(21(14,17)18)7-10(20-9)12(16)15-8-13(2)3-5-19-6-4-13/h7H,3-6,8H2,1-2H3,(H,15,16). The van der Waals surface area contributed by atoms with E-state index in [4.69, 9.17) is 19.8 Å². The molecular weight excluding hydrogens is 318 g/mol. The van der Waals surface area contributed by atoms with E-state index in [-0.39, 0.29) is 21.8 Å². The van der Waals surface area contributed by atoms with E-state index in [2.05, 4.69) is 12.2 Å². The summed E-state index contributed by atoms with van der Waals surface area (Å²) in [5, 5.41) is 2.78. The second kappa shape index (κ2) is 5.98. The molecule has 1 aromatic rings. The maximum absolute atomic E-state index is 12.0. The topological polar surface area (TPSA) is 85.6 Å². The normalized spacial score (nSPS) is 18.4. The second-order valence-corrected chi connectivity index (χ2v) is 8.11. The highest BCUT2D eigenvalue weighted by molar-refractivity contribution is 8.13. The first kappa shape index (κ1) is 16.3. The molecule has 0 spiro atoms. The van der Waals surface area contributed by atoms with Crippen LogP contribution in [0.25, 0.3) is 0 Å². The minimum atomic E-state index is -3.91. The number of hydrogen-bond donors (Lipinski definition) is 1. The molecule has 2 heterocycles. The largest absolute Gasteiger partial charge is 0.455 e. The molecule has 1 saturated heterocycles. The summed E-state index contributed by atoms with van der Waals surface area (Å²) in [5.41, 5.74) is -0.0169. The summed E-state index contributed by atoms with van der Waals surface area (Å²) in [6.07, 6.45) is 1.73. The Labute approximate surface area is 128 Å². The van der Waals surface area contributed by atoms with Gasteiger partial charge in [0.05, 0.1) is 0 Å². The first-order valence-corrected chi connectivity index (χ1v) is 8.93. The maximum Gasteiger partial charge on any atom is 0.287 e. The molecule has 2 rings (SSSR count). The molecule has 0 aromatic carbocycles. The number of nitrogens with one attached hydrogen (secondary N) is 1. The number of aryl methyl sites for hydroxylation is 1. The number of rotatable bonds is 4. The summed E-state index contributed by atoms with van der Waals surface area (Å²) < 4.78 is 33.1. The van der Waals surface area contributed by atoms with Crippen molar-refractivity contribution in [3.05, 3.63) is 17.6 Å². The van der Waals surface area contributed by atoms with Gasteiger partial charge in [0.15, 0.2) is 5.76 Å². The summed E-state index contributed by atoms with van der Waals surface area (Å²) in [6.45, 7) is 5.38. The van der Waals surface area contributed by atoms with Crippen LogP contribution in [0.1, 0.15) is 36.1 Å². The molecule has 21 heavy (non-hydrogen) atoms. The van der Waals surface area contributed by atoms with Crippen molar-refractivity contribution in [2.45, 2.75) is 31.6 Å². The van der Waals surface area contributed by atoms with Gasteiger partial charge in [-0.2, -0.15) is 0 Å². The van der Waals surface area contributed by atoms with Crippen LogP contribution in [-0.2, 0) is 13.8 Å². The molecule has 0 atom stereocenters. The zero-order valence-corrected chi connectivity index (χ0v) is 13.5. The Kier molecular flexibility index (Phi) is 4.65. The number of amides is 1.